The van der Waals surface area contributed by atoms with Crippen molar-refractivity contribution in [3.63, 3.8) is 0 Å². The first-order chi connectivity index (χ1) is 14.4. The number of benzene rings is 2. The van der Waals surface area contributed by atoms with E-state index in [0.29, 0.717) is 16.7 Å². The van der Waals surface area contributed by atoms with Crippen LogP contribution in [0.4, 0.5) is 4.79 Å². The Labute approximate surface area is 185 Å². The number of nitrogens with zero attached hydrogens (tertiary/aromatic N) is 1. The Morgan fingerprint density at radius 2 is 1.73 bits per heavy atom. The fraction of sp³-hybridized carbons (Fsp3) is 0.409. The summed E-state index contributed by atoms with van der Waals surface area (Å²) >= 11 is 12.4. The zero-order valence-electron chi connectivity index (χ0n) is 16.5. The smallest absolute Gasteiger partial charge is 0.489 e. The molecule has 6 nitrogen and oxygen atoms in total. The van der Waals surface area contributed by atoms with Gasteiger partial charge in [-0.25, -0.2) is 4.79 Å². The van der Waals surface area contributed by atoms with Gasteiger partial charge in [0.05, 0.1) is 12.7 Å². The van der Waals surface area contributed by atoms with Gasteiger partial charge in [-0.3, -0.25) is 4.90 Å². The third kappa shape index (κ3) is 6.25. The minimum absolute atomic E-state index is 0.149. The second kappa shape index (κ2) is 10.9. The standard InChI is InChI=1S/C21H23Cl2NO2.CH2O3/c22-19-5-2-6-20(23)18(19)14-26-17-9-7-15(8-10-17)21-13-24(11-12-25-21)16-3-1-4-16;2-1(3)4/h2,5-10,16,21H,1,3-4,11-14H2;(H2,2,3,4). The zero-order valence-corrected chi connectivity index (χ0v) is 18.0. The van der Waals surface area contributed by atoms with Crippen LogP contribution in [0.15, 0.2) is 42.5 Å². The van der Waals surface area contributed by atoms with Crippen molar-refractivity contribution in [1.29, 1.82) is 0 Å². The number of hydrogen-bond donors (Lipinski definition) is 2. The van der Waals surface area contributed by atoms with Gasteiger partial charge in [0.15, 0.2) is 0 Å². The molecule has 1 aliphatic carbocycles. The van der Waals surface area contributed by atoms with Crippen LogP contribution in [0.1, 0.15) is 36.5 Å². The zero-order chi connectivity index (χ0) is 21.5. The second-order valence-corrected chi connectivity index (χ2v) is 8.09. The van der Waals surface area contributed by atoms with Gasteiger partial charge < -0.3 is 19.7 Å². The number of morpholine rings is 1. The fourth-order valence-electron chi connectivity index (χ4n) is 3.56. The maximum absolute atomic E-state index is 8.56. The van der Waals surface area contributed by atoms with Crippen molar-refractivity contribution in [2.45, 2.75) is 38.0 Å². The Morgan fingerprint density at radius 1 is 1.10 bits per heavy atom. The molecule has 0 radical (unpaired) electrons. The predicted molar refractivity (Wildman–Crippen MR) is 116 cm³/mol. The van der Waals surface area contributed by atoms with Crippen molar-refractivity contribution < 1.29 is 24.5 Å². The van der Waals surface area contributed by atoms with Gasteiger partial charge in [0.1, 0.15) is 12.4 Å². The van der Waals surface area contributed by atoms with Crippen LogP contribution in [0.5, 0.6) is 5.75 Å². The van der Waals surface area contributed by atoms with Crippen molar-refractivity contribution in [3.05, 3.63) is 63.6 Å². The van der Waals surface area contributed by atoms with Crippen LogP contribution in [-0.4, -0.2) is 47.0 Å². The molecule has 1 saturated heterocycles. The fourth-order valence-corrected chi connectivity index (χ4v) is 4.07. The molecule has 1 unspecified atom stereocenters. The topological polar surface area (TPSA) is 79.2 Å². The second-order valence-electron chi connectivity index (χ2n) is 7.28. The van der Waals surface area contributed by atoms with Gasteiger partial charge in [0, 0.05) is 34.7 Å². The lowest BCUT2D eigenvalue weighted by molar-refractivity contribution is -0.0566. The number of carbonyl (C=O) groups is 1. The summed E-state index contributed by atoms with van der Waals surface area (Å²) in [7, 11) is 0. The van der Waals surface area contributed by atoms with E-state index in [9.17, 15) is 0 Å². The van der Waals surface area contributed by atoms with Crippen LogP contribution in [0.3, 0.4) is 0 Å². The molecule has 2 aromatic carbocycles. The molecule has 8 heteroatoms. The molecule has 2 aliphatic rings. The number of carboxylic acid groups (broad SMARTS) is 2. The van der Waals surface area contributed by atoms with Gasteiger partial charge in [0.25, 0.3) is 0 Å². The number of halogens is 2. The Balaban J connectivity index is 0.000000589. The molecule has 1 heterocycles. The molecule has 1 aliphatic heterocycles. The summed E-state index contributed by atoms with van der Waals surface area (Å²) in [5.41, 5.74) is 2.02. The largest absolute Gasteiger partial charge is 0.503 e. The van der Waals surface area contributed by atoms with E-state index in [2.05, 4.69) is 17.0 Å². The highest BCUT2D eigenvalue weighted by atomic mass is 35.5. The lowest BCUT2D eigenvalue weighted by Crippen LogP contribution is -2.47. The monoisotopic (exact) mass is 453 g/mol. The summed E-state index contributed by atoms with van der Waals surface area (Å²) in [5.74, 6) is 0.802. The van der Waals surface area contributed by atoms with E-state index in [-0.39, 0.29) is 6.10 Å². The predicted octanol–water partition coefficient (Wildman–Crippen LogP) is 5.72. The molecular weight excluding hydrogens is 429 g/mol. The number of hydrogen-bond acceptors (Lipinski definition) is 4. The molecule has 0 bridgehead atoms. The minimum atomic E-state index is -1.83. The molecule has 1 atom stereocenters. The lowest BCUT2D eigenvalue weighted by atomic mass is 9.90. The van der Waals surface area contributed by atoms with E-state index < -0.39 is 6.16 Å². The van der Waals surface area contributed by atoms with E-state index in [1.54, 1.807) is 0 Å². The van der Waals surface area contributed by atoms with Crippen molar-refractivity contribution in [3.8, 4) is 5.75 Å². The molecule has 2 N–H and O–H groups in total. The van der Waals surface area contributed by atoms with Crippen molar-refractivity contribution in [2.24, 2.45) is 0 Å². The summed E-state index contributed by atoms with van der Waals surface area (Å²) in [6.07, 6.45) is 2.36. The summed E-state index contributed by atoms with van der Waals surface area (Å²) in [6, 6.07) is 14.4. The van der Waals surface area contributed by atoms with Gasteiger partial charge in [-0.2, -0.15) is 0 Å². The van der Waals surface area contributed by atoms with Gasteiger partial charge in [0.2, 0.25) is 0 Å². The third-order valence-corrected chi connectivity index (χ3v) is 6.09. The summed E-state index contributed by atoms with van der Waals surface area (Å²) in [6.45, 7) is 3.21. The molecule has 4 rings (SSSR count). The molecule has 2 aromatic rings. The quantitative estimate of drug-likeness (QED) is 0.602. The third-order valence-electron chi connectivity index (χ3n) is 5.39. The first-order valence-corrected chi connectivity index (χ1v) is 10.6. The molecule has 1 saturated carbocycles. The van der Waals surface area contributed by atoms with Crippen LogP contribution in [0, 0.1) is 0 Å². The summed E-state index contributed by atoms with van der Waals surface area (Å²) in [5, 5.41) is 15.2. The van der Waals surface area contributed by atoms with E-state index in [1.165, 1.54) is 24.8 Å². The lowest BCUT2D eigenvalue weighted by Gasteiger charge is -2.42. The first-order valence-electron chi connectivity index (χ1n) is 9.87. The molecular formula is C22H25Cl2NO5. The molecule has 0 aromatic heterocycles. The Hall–Kier alpha value is -1.99. The van der Waals surface area contributed by atoms with E-state index in [4.69, 9.17) is 47.7 Å². The van der Waals surface area contributed by atoms with Crippen LogP contribution < -0.4 is 4.74 Å². The maximum atomic E-state index is 8.56. The van der Waals surface area contributed by atoms with Gasteiger partial charge in [-0.05, 0) is 42.7 Å². The number of rotatable bonds is 5. The highest BCUT2D eigenvalue weighted by Gasteiger charge is 2.30. The Bertz CT molecular complexity index is 818. The summed E-state index contributed by atoms with van der Waals surface area (Å²) in [4.78, 5) is 11.1. The van der Waals surface area contributed by atoms with E-state index in [1.807, 2.05) is 30.3 Å². The average Bonchev–Trinajstić information content (AvgIpc) is 2.67. The maximum Gasteiger partial charge on any atom is 0.503 e. The molecule has 30 heavy (non-hydrogen) atoms. The Morgan fingerprint density at radius 3 is 2.30 bits per heavy atom. The number of ether oxygens (including phenoxy) is 2. The van der Waals surface area contributed by atoms with E-state index in [0.717, 1.165) is 37.1 Å². The molecule has 2 fully saturated rings. The van der Waals surface area contributed by atoms with Crippen LogP contribution >= 0.6 is 23.2 Å². The Kier molecular flexibility index (Phi) is 8.22. The van der Waals surface area contributed by atoms with Crippen molar-refractivity contribution >= 4 is 29.4 Å². The highest BCUT2D eigenvalue weighted by molar-refractivity contribution is 6.35. The van der Waals surface area contributed by atoms with Crippen LogP contribution in [-0.2, 0) is 11.3 Å². The first kappa shape index (κ1) is 22.7. The normalized spacial score (nSPS) is 19.3. The summed E-state index contributed by atoms with van der Waals surface area (Å²) < 4.78 is 11.9. The van der Waals surface area contributed by atoms with Crippen molar-refractivity contribution in [2.75, 3.05) is 19.7 Å². The average molecular weight is 454 g/mol. The molecule has 162 valence electrons. The highest BCUT2D eigenvalue weighted by Crippen LogP contribution is 2.31. The minimum Gasteiger partial charge on any atom is -0.489 e. The molecule has 0 spiro atoms. The van der Waals surface area contributed by atoms with Gasteiger partial charge in [-0.1, -0.05) is 47.8 Å². The molecule has 0 amide bonds. The van der Waals surface area contributed by atoms with Crippen LogP contribution in [0.2, 0.25) is 10.0 Å². The van der Waals surface area contributed by atoms with Gasteiger partial charge >= 0.3 is 6.16 Å². The van der Waals surface area contributed by atoms with E-state index >= 15 is 0 Å². The van der Waals surface area contributed by atoms with Crippen LogP contribution in [0.25, 0.3) is 0 Å². The van der Waals surface area contributed by atoms with Crippen molar-refractivity contribution in [1.82, 2.24) is 4.90 Å². The SMILES string of the molecule is Clc1cccc(Cl)c1COc1ccc(C2CN(C3CCC3)CCO2)cc1.O=C(O)O. The van der Waals surface area contributed by atoms with Gasteiger partial charge in [-0.15, -0.1) is 0 Å².